The lowest BCUT2D eigenvalue weighted by atomic mass is 9.78. The third kappa shape index (κ3) is 3.62. The van der Waals surface area contributed by atoms with E-state index >= 15 is 0 Å². The molecule has 0 heterocycles. The second-order valence-electron chi connectivity index (χ2n) is 6.96. The van der Waals surface area contributed by atoms with Crippen LogP contribution < -0.4 is 0 Å². The van der Waals surface area contributed by atoms with Crippen molar-refractivity contribution < 1.29 is 5.11 Å². The van der Waals surface area contributed by atoms with Crippen LogP contribution in [0.5, 0.6) is 5.75 Å². The molecule has 2 aliphatic rings. The van der Waals surface area contributed by atoms with Gasteiger partial charge in [0.05, 0.1) is 0 Å². The number of phenols is 1. The average molecular weight is 288 g/mol. The number of aromatic hydroxyl groups is 1. The minimum Gasteiger partial charge on any atom is -0.507 e. The Morgan fingerprint density at radius 3 is 1.52 bits per heavy atom. The van der Waals surface area contributed by atoms with Crippen molar-refractivity contribution in [2.45, 2.75) is 90.4 Å². The van der Waals surface area contributed by atoms with E-state index in [2.05, 4.69) is 19.1 Å². The zero-order valence-corrected chi connectivity index (χ0v) is 12.8. The maximum Gasteiger partial charge on any atom is 0.122 e. The topological polar surface area (TPSA) is 20.2 Å². The first-order valence-electron chi connectivity index (χ1n) is 8.59. The van der Waals surface area contributed by atoms with Gasteiger partial charge in [0.25, 0.3) is 0 Å². The first-order chi connectivity index (χ1) is 9.75. The molecule has 0 aliphatic heterocycles. The van der Waals surface area contributed by atoms with E-state index in [9.17, 15) is 5.11 Å². The second kappa shape index (κ2) is 7.33. The zero-order valence-electron chi connectivity index (χ0n) is 12.8. The lowest BCUT2D eigenvalue weighted by Gasteiger charge is -2.28. The van der Waals surface area contributed by atoms with Crippen molar-refractivity contribution in [1.29, 1.82) is 0 Å². The predicted molar refractivity (Wildman–Crippen MR) is 91.2 cm³/mol. The van der Waals surface area contributed by atoms with Gasteiger partial charge in [0.15, 0.2) is 0 Å². The SMILES string of the molecule is C.Cc1cc(C2CCCCC2)c(O)c(C2CCCCC2)c1. The van der Waals surface area contributed by atoms with Gasteiger partial charge in [-0.15, -0.1) is 0 Å². The van der Waals surface area contributed by atoms with Gasteiger partial charge in [-0.05, 0) is 55.6 Å². The molecule has 0 unspecified atom stereocenters. The Morgan fingerprint density at radius 1 is 0.762 bits per heavy atom. The third-order valence-electron chi connectivity index (χ3n) is 5.40. The molecule has 0 aromatic heterocycles. The summed E-state index contributed by atoms with van der Waals surface area (Å²) in [7, 11) is 0. The number of benzene rings is 1. The molecule has 1 N–H and O–H groups in total. The molecular formula is C20H32O. The minimum atomic E-state index is 0. The van der Waals surface area contributed by atoms with Crippen molar-refractivity contribution >= 4 is 0 Å². The third-order valence-corrected chi connectivity index (χ3v) is 5.40. The van der Waals surface area contributed by atoms with E-state index in [1.807, 2.05) is 0 Å². The molecule has 2 fully saturated rings. The van der Waals surface area contributed by atoms with E-state index in [4.69, 9.17) is 0 Å². The van der Waals surface area contributed by atoms with Crippen molar-refractivity contribution in [2.24, 2.45) is 0 Å². The van der Waals surface area contributed by atoms with Gasteiger partial charge in [-0.25, -0.2) is 0 Å². The number of rotatable bonds is 2. The van der Waals surface area contributed by atoms with Crippen molar-refractivity contribution in [3.05, 3.63) is 28.8 Å². The second-order valence-corrected chi connectivity index (χ2v) is 6.96. The highest BCUT2D eigenvalue weighted by Crippen LogP contribution is 2.44. The molecule has 21 heavy (non-hydrogen) atoms. The Balaban J connectivity index is 0.00000161. The first kappa shape index (κ1) is 16.4. The lowest BCUT2D eigenvalue weighted by molar-refractivity contribution is 0.393. The van der Waals surface area contributed by atoms with Gasteiger partial charge in [0, 0.05) is 0 Å². The van der Waals surface area contributed by atoms with E-state index in [-0.39, 0.29) is 7.43 Å². The maximum atomic E-state index is 10.8. The summed E-state index contributed by atoms with van der Waals surface area (Å²) < 4.78 is 0. The van der Waals surface area contributed by atoms with E-state index < -0.39 is 0 Å². The molecule has 1 aromatic carbocycles. The molecular weight excluding hydrogens is 256 g/mol. The van der Waals surface area contributed by atoms with Gasteiger partial charge in [0.2, 0.25) is 0 Å². The number of aryl methyl sites for hydroxylation is 1. The molecule has 3 rings (SSSR count). The van der Waals surface area contributed by atoms with Crippen LogP contribution in [-0.2, 0) is 0 Å². The summed E-state index contributed by atoms with van der Waals surface area (Å²) in [6, 6.07) is 4.50. The summed E-state index contributed by atoms with van der Waals surface area (Å²) in [5.74, 6) is 1.85. The summed E-state index contributed by atoms with van der Waals surface area (Å²) in [5, 5.41) is 10.8. The molecule has 0 spiro atoms. The van der Waals surface area contributed by atoms with Gasteiger partial charge in [-0.2, -0.15) is 0 Å². The van der Waals surface area contributed by atoms with Crippen LogP contribution >= 0.6 is 0 Å². The van der Waals surface area contributed by atoms with Crippen LogP contribution in [0.25, 0.3) is 0 Å². The first-order valence-corrected chi connectivity index (χ1v) is 8.59. The fraction of sp³-hybridized carbons (Fsp3) is 0.700. The van der Waals surface area contributed by atoms with Gasteiger partial charge < -0.3 is 5.11 Å². The van der Waals surface area contributed by atoms with Crippen molar-refractivity contribution in [1.82, 2.24) is 0 Å². The molecule has 0 radical (unpaired) electrons. The summed E-state index contributed by atoms with van der Waals surface area (Å²) in [5.41, 5.74) is 3.85. The normalized spacial score (nSPS) is 21.0. The number of phenolic OH excluding ortho intramolecular Hbond substituents is 1. The van der Waals surface area contributed by atoms with Crippen LogP contribution in [0.4, 0.5) is 0 Å². The number of hydrogen-bond donors (Lipinski definition) is 1. The Morgan fingerprint density at radius 2 is 1.14 bits per heavy atom. The van der Waals surface area contributed by atoms with Gasteiger partial charge in [0.1, 0.15) is 5.75 Å². The van der Waals surface area contributed by atoms with Crippen LogP contribution in [0.3, 0.4) is 0 Å². The average Bonchev–Trinajstić information content (AvgIpc) is 2.51. The molecule has 1 heteroatoms. The Hall–Kier alpha value is -0.980. The monoisotopic (exact) mass is 288 g/mol. The lowest BCUT2D eigenvalue weighted by Crippen LogP contribution is -2.09. The van der Waals surface area contributed by atoms with Gasteiger partial charge in [-0.3, -0.25) is 0 Å². The predicted octanol–water partition coefficient (Wildman–Crippen LogP) is 6.43. The largest absolute Gasteiger partial charge is 0.507 e. The van der Waals surface area contributed by atoms with Gasteiger partial charge in [-0.1, -0.05) is 63.6 Å². The Labute approximate surface area is 130 Å². The van der Waals surface area contributed by atoms with Crippen LogP contribution in [0.15, 0.2) is 12.1 Å². The van der Waals surface area contributed by atoms with E-state index in [1.54, 1.807) is 0 Å². The highest BCUT2D eigenvalue weighted by molar-refractivity contribution is 5.47. The van der Waals surface area contributed by atoms with Crippen LogP contribution in [0, 0.1) is 6.92 Å². The molecule has 2 saturated carbocycles. The summed E-state index contributed by atoms with van der Waals surface area (Å²) in [4.78, 5) is 0. The summed E-state index contributed by atoms with van der Waals surface area (Å²) in [6.45, 7) is 2.19. The maximum absolute atomic E-state index is 10.8. The molecule has 0 saturated heterocycles. The standard InChI is InChI=1S/C19H28O.CH4/c1-14-12-17(15-8-4-2-5-9-15)19(20)18(13-14)16-10-6-3-7-11-16;/h12-13,15-16,20H,2-11H2,1H3;1H4. The van der Waals surface area contributed by atoms with Crippen LogP contribution in [0.1, 0.15) is 100 Å². The Kier molecular flexibility index (Phi) is 5.72. The number of hydrogen-bond acceptors (Lipinski definition) is 1. The Bertz CT molecular complexity index is 412. The minimum absolute atomic E-state index is 0. The smallest absolute Gasteiger partial charge is 0.122 e. The molecule has 0 bridgehead atoms. The van der Waals surface area contributed by atoms with Gasteiger partial charge >= 0.3 is 0 Å². The summed E-state index contributed by atoms with van der Waals surface area (Å²) >= 11 is 0. The van der Waals surface area contributed by atoms with Crippen LogP contribution in [0.2, 0.25) is 0 Å². The fourth-order valence-corrected chi connectivity index (χ4v) is 4.29. The molecule has 1 nitrogen and oxygen atoms in total. The van der Waals surface area contributed by atoms with Crippen molar-refractivity contribution in [2.75, 3.05) is 0 Å². The quantitative estimate of drug-likeness (QED) is 0.664. The fourth-order valence-electron chi connectivity index (χ4n) is 4.29. The highest BCUT2D eigenvalue weighted by Gasteiger charge is 2.24. The molecule has 0 atom stereocenters. The summed E-state index contributed by atoms with van der Waals surface area (Å²) in [6.07, 6.45) is 13.1. The van der Waals surface area contributed by atoms with Crippen molar-refractivity contribution in [3.63, 3.8) is 0 Å². The highest BCUT2D eigenvalue weighted by atomic mass is 16.3. The zero-order chi connectivity index (χ0) is 13.9. The van der Waals surface area contributed by atoms with E-state index in [0.29, 0.717) is 17.6 Å². The van der Waals surface area contributed by atoms with E-state index in [1.165, 1.54) is 80.9 Å². The van der Waals surface area contributed by atoms with Crippen LogP contribution in [-0.4, -0.2) is 5.11 Å². The molecule has 118 valence electrons. The molecule has 1 aromatic rings. The van der Waals surface area contributed by atoms with Crippen molar-refractivity contribution in [3.8, 4) is 5.75 Å². The molecule has 2 aliphatic carbocycles. The molecule has 0 amide bonds. The van der Waals surface area contributed by atoms with E-state index in [0.717, 1.165) is 0 Å².